The van der Waals surface area contributed by atoms with E-state index in [2.05, 4.69) is 45.2 Å². The number of aromatic amines is 1. The van der Waals surface area contributed by atoms with Crippen molar-refractivity contribution in [2.24, 2.45) is 0 Å². The van der Waals surface area contributed by atoms with Crippen LogP contribution in [0.15, 0.2) is 24.3 Å². The van der Waals surface area contributed by atoms with Crippen molar-refractivity contribution in [3.8, 4) is 0 Å². The van der Waals surface area contributed by atoms with Gasteiger partial charge < -0.3 is 10.3 Å². The maximum Gasteiger partial charge on any atom is 0.182 e. The Morgan fingerprint density at radius 1 is 1.40 bits per heavy atom. The summed E-state index contributed by atoms with van der Waals surface area (Å²) in [6.45, 7) is 4.88. The predicted octanol–water partition coefficient (Wildman–Crippen LogP) is 1.73. The summed E-state index contributed by atoms with van der Waals surface area (Å²) in [6.07, 6.45) is 5.23. The van der Waals surface area contributed by atoms with Crippen molar-refractivity contribution < 1.29 is 0 Å². The third kappa shape index (κ3) is 2.12. The monoisotopic (exact) mass is 204 g/mol. The third-order valence-corrected chi connectivity index (χ3v) is 2.00. The highest BCUT2D eigenvalue weighted by Gasteiger charge is 2.03. The molecule has 0 unspecified atom stereocenters. The van der Waals surface area contributed by atoms with Crippen molar-refractivity contribution in [3.63, 3.8) is 0 Å². The van der Waals surface area contributed by atoms with Crippen molar-refractivity contribution >= 4 is 17.0 Å². The largest absolute Gasteiger partial charge is 0.365 e. The summed E-state index contributed by atoms with van der Waals surface area (Å²) in [5, 5.41) is 3.21. The molecule has 15 heavy (non-hydrogen) atoms. The van der Waals surface area contributed by atoms with Crippen molar-refractivity contribution in [1.82, 2.24) is 19.9 Å². The van der Waals surface area contributed by atoms with Gasteiger partial charge in [-0.3, -0.25) is 0 Å². The van der Waals surface area contributed by atoms with E-state index in [1.54, 1.807) is 6.33 Å². The van der Waals surface area contributed by atoms with Crippen LogP contribution in [-0.2, 0) is 0 Å². The molecular weight excluding hydrogens is 191 g/mol. The number of aromatic nitrogens is 4. The van der Waals surface area contributed by atoms with Crippen molar-refractivity contribution in [2.75, 3.05) is 11.9 Å². The fraction of sp³-hybridized carbons (Fsp3) is 0.300. The van der Waals surface area contributed by atoms with Gasteiger partial charge in [0.2, 0.25) is 0 Å². The normalized spacial score (nSPS) is 12.0. The van der Waals surface area contributed by atoms with E-state index < -0.39 is 0 Å². The highest BCUT2D eigenvalue weighted by Crippen LogP contribution is 2.13. The first-order valence-corrected chi connectivity index (χ1v) is 4.78. The van der Waals surface area contributed by atoms with Crippen LogP contribution in [0.4, 0.5) is 5.82 Å². The SMILES string of the molecule is C/C([13CH3])=C/CNc1ncnc2nc[nH]c12. The second-order valence-electron chi connectivity index (χ2n) is 3.49. The van der Waals surface area contributed by atoms with E-state index >= 15 is 0 Å². The molecule has 5 heteroatoms. The van der Waals surface area contributed by atoms with Crippen molar-refractivity contribution in [2.45, 2.75) is 13.8 Å². The molecule has 0 fully saturated rings. The number of nitrogens with zero attached hydrogens (tertiary/aromatic N) is 3. The van der Waals surface area contributed by atoms with Gasteiger partial charge in [-0.15, -0.1) is 0 Å². The van der Waals surface area contributed by atoms with Crippen LogP contribution in [0.3, 0.4) is 0 Å². The molecule has 2 rings (SSSR count). The quantitative estimate of drug-likeness (QED) is 0.590. The fourth-order valence-corrected chi connectivity index (χ4v) is 1.25. The molecule has 2 aromatic heterocycles. The lowest BCUT2D eigenvalue weighted by molar-refractivity contribution is 1.16. The summed E-state index contributed by atoms with van der Waals surface area (Å²) in [4.78, 5) is 15.3. The van der Waals surface area contributed by atoms with Gasteiger partial charge in [0.05, 0.1) is 6.33 Å². The molecule has 0 aliphatic rings. The molecule has 0 aliphatic carbocycles. The van der Waals surface area contributed by atoms with E-state index in [4.69, 9.17) is 0 Å². The van der Waals surface area contributed by atoms with Crippen LogP contribution < -0.4 is 5.32 Å². The molecule has 0 radical (unpaired) electrons. The average Bonchev–Trinajstić information content (AvgIpc) is 2.65. The van der Waals surface area contributed by atoms with Crippen LogP contribution in [0, 0.1) is 0 Å². The van der Waals surface area contributed by atoms with Crippen LogP contribution >= 0.6 is 0 Å². The number of hydrogen-bond donors (Lipinski definition) is 2. The highest BCUT2D eigenvalue weighted by atomic mass is 15.1. The molecule has 0 atom stereocenters. The lowest BCUT2D eigenvalue weighted by Gasteiger charge is -2.02. The highest BCUT2D eigenvalue weighted by molar-refractivity contribution is 5.81. The lowest BCUT2D eigenvalue weighted by Crippen LogP contribution is -2.02. The van der Waals surface area contributed by atoms with Gasteiger partial charge in [0, 0.05) is 6.54 Å². The van der Waals surface area contributed by atoms with Gasteiger partial charge in [-0.05, 0) is 13.8 Å². The Bertz CT molecular complexity index is 481. The zero-order valence-electron chi connectivity index (χ0n) is 8.78. The Labute approximate surface area is 87.7 Å². The smallest absolute Gasteiger partial charge is 0.182 e. The first kappa shape index (κ1) is 9.64. The summed E-state index contributed by atoms with van der Waals surface area (Å²) >= 11 is 0. The first-order chi connectivity index (χ1) is 7.27. The number of anilines is 1. The number of imidazole rings is 1. The van der Waals surface area contributed by atoms with Crippen LogP contribution in [-0.4, -0.2) is 26.5 Å². The van der Waals surface area contributed by atoms with Gasteiger partial charge in [0.1, 0.15) is 11.8 Å². The second kappa shape index (κ2) is 4.08. The predicted molar refractivity (Wildman–Crippen MR) is 59.6 cm³/mol. The number of allylic oxidation sites excluding steroid dienone is 1. The molecule has 2 heterocycles. The molecule has 0 saturated carbocycles. The molecule has 0 amide bonds. The van der Waals surface area contributed by atoms with E-state index in [9.17, 15) is 0 Å². The van der Waals surface area contributed by atoms with Gasteiger partial charge >= 0.3 is 0 Å². The molecule has 0 bridgehead atoms. The number of nitrogens with one attached hydrogen (secondary N) is 2. The summed E-state index contributed by atoms with van der Waals surface area (Å²) in [5.41, 5.74) is 2.81. The Morgan fingerprint density at radius 3 is 3.07 bits per heavy atom. The molecule has 5 nitrogen and oxygen atoms in total. The Hall–Kier alpha value is -1.91. The number of H-pyrrole nitrogens is 1. The zero-order valence-corrected chi connectivity index (χ0v) is 8.78. The number of hydrogen-bond acceptors (Lipinski definition) is 4. The van der Waals surface area contributed by atoms with Crippen LogP contribution in [0.5, 0.6) is 0 Å². The number of rotatable bonds is 3. The van der Waals surface area contributed by atoms with E-state index in [1.165, 1.54) is 11.9 Å². The minimum absolute atomic E-state index is 0.685. The van der Waals surface area contributed by atoms with Gasteiger partial charge in [0.25, 0.3) is 0 Å². The van der Waals surface area contributed by atoms with Crippen molar-refractivity contribution in [1.29, 1.82) is 0 Å². The topological polar surface area (TPSA) is 66.5 Å². The summed E-state index contributed by atoms with van der Waals surface area (Å²) in [5.74, 6) is 0.787. The fourth-order valence-electron chi connectivity index (χ4n) is 1.25. The van der Waals surface area contributed by atoms with E-state index in [1.807, 2.05) is 0 Å². The molecule has 0 spiro atoms. The van der Waals surface area contributed by atoms with Gasteiger partial charge in [-0.1, -0.05) is 11.6 Å². The van der Waals surface area contributed by atoms with E-state index in [0.717, 1.165) is 17.9 Å². The summed E-state index contributed by atoms with van der Waals surface area (Å²) in [6, 6.07) is 0. The lowest BCUT2D eigenvalue weighted by atomic mass is 10.4. The minimum atomic E-state index is 0.685. The maximum absolute atomic E-state index is 4.15. The van der Waals surface area contributed by atoms with Crippen LogP contribution in [0.25, 0.3) is 11.2 Å². The van der Waals surface area contributed by atoms with Gasteiger partial charge in [-0.25, -0.2) is 15.0 Å². The van der Waals surface area contributed by atoms with Crippen molar-refractivity contribution in [3.05, 3.63) is 24.3 Å². The van der Waals surface area contributed by atoms with Gasteiger partial charge in [0.15, 0.2) is 11.5 Å². The first-order valence-electron chi connectivity index (χ1n) is 4.78. The summed E-state index contributed by atoms with van der Waals surface area (Å²) in [7, 11) is 0. The minimum Gasteiger partial charge on any atom is -0.365 e. The molecule has 2 N–H and O–H groups in total. The molecule has 0 aliphatic heterocycles. The van der Waals surface area contributed by atoms with E-state index in [-0.39, 0.29) is 0 Å². The average molecular weight is 204 g/mol. The molecule has 0 aromatic carbocycles. The standard InChI is InChI=1S/C10H13N5/c1-7(2)3-4-11-9-8-10(13-5-12-8)15-6-14-9/h3,5-6H,4H2,1-2H3,(H2,11,12,13,14,15)/i1+1/b7-3+. The third-order valence-electron chi connectivity index (χ3n) is 2.00. The Morgan fingerprint density at radius 2 is 2.27 bits per heavy atom. The molecule has 78 valence electrons. The van der Waals surface area contributed by atoms with E-state index in [0.29, 0.717) is 5.65 Å². The van der Waals surface area contributed by atoms with Crippen LogP contribution in [0.1, 0.15) is 13.8 Å². The molecule has 0 saturated heterocycles. The zero-order chi connectivity index (χ0) is 10.7. The van der Waals surface area contributed by atoms with Gasteiger partial charge in [-0.2, -0.15) is 0 Å². The second-order valence-corrected chi connectivity index (χ2v) is 3.49. The Kier molecular flexibility index (Phi) is 2.62. The summed E-state index contributed by atoms with van der Waals surface area (Å²) < 4.78 is 0. The van der Waals surface area contributed by atoms with Crippen LogP contribution in [0.2, 0.25) is 0 Å². The Balaban J connectivity index is 2.20. The molecular formula is C10H13N5. The number of fused-ring (bicyclic) bond motifs is 1. The maximum atomic E-state index is 4.15. The molecule has 2 aromatic rings.